The lowest BCUT2D eigenvalue weighted by molar-refractivity contribution is -0.122. The Morgan fingerprint density at radius 2 is 2.00 bits per heavy atom. The molecule has 2 rings (SSSR count). The summed E-state index contributed by atoms with van der Waals surface area (Å²) in [4.78, 5) is 13.1. The zero-order valence-electron chi connectivity index (χ0n) is 10.5. The molecule has 19 heavy (non-hydrogen) atoms. The number of carbonyl (C=O) groups is 1. The smallest absolute Gasteiger partial charge is 0.241 e. The Morgan fingerprint density at radius 3 is 2.58 bits per heavy atom. The maximum atomic E-state index is 12.0. The number of hydrogen-bond donors (Lipinski definition) is 2. The molecule has 1 amide bonds. The molecule has 100 valence electrons. The summed E-state index contributed by atoms with van der Waals surface area (Å²) in [6.07, 6.45) is 0. The molecule has 0 aliphatic heterocycles. The monoisotopic (exact) mass is 338 g/mol. The fraction of sp³-hybridized carbons (Fsp3) is 0.214. The van der Waals surface area contributed by atoms with E-state index in [1.807, 2.05) is 43.3 Å². The van der Waals surface area contributed by atoms with Crippen LogP contribution in [-0.4, -0.2) is 5.91 Å². The molecule has 3 N–H and O–H groups in total. The Hall–Kier alpha value is -1.17. The van der Waals surface area contributed by atoms with Gasteiger partial charge in [-0.25, -0.2) is 0 Å². The molecule has 0 spiro atoms. The SMILES string of the molecule is Cc1ccc(C(N)C(=O)NCc2ccc(Br)s2)cc1. The third-order valence-electron chi connectivity index (χ3n) is 2.78. The van der Waals surface area contributed by atoms with Gasteiger partial charge >= 0.3 is 0 Å². The van der Waals surface area contributed by atoms with E-state index in [4.69, 9.17) is 5.73 Å². The van der Waals surface area contributed by atoms with Crippen LogP contribution >= 0.6 is 27.3 Å². The number of benzene rings is 1. The van der Waals surface area contributed by atoms with Crippen LogP contribution in [0, 0.1) is 6.92 Å². The third-order valence-corrected chi connectivity index (χ3v) is 4.41. The minimum Gasteiger partial charge on any atom is -0.350 e. The maximum absolute atomic E-state index is 12.0. The standard InChI is InChI=1S/C14H15BrN2OS/c1-9-2-4-10(5-3-9)13(16)14(18)17-8-11-6-7-12(15)19-11/h2-7,13H,8,16H2,1H3,(H,17,18). The van der Waals surface area contributed by atoms with Gasteiger partial charge in [0.1, 0.15) is 6.04 Å². The molecule has 1 heterocycles. The number of amides is 1. The second-order valence-corrected chi connectivity index (χ2v) is 6.86. The van der Waals surface area contributed by atoms with Gasteiger partial charge in [0.05, 0.1) is 10.3 Å². The van der Waals surface area contributed by atoms with Crippen molar-refractivity contribution >= 4 is 33.2 Å². The van der Waals surface area contributed by atoms with Gasteiger partial charge < -0.3 is 11.1 Å². The van der Waals surface area contributed by atoms with Gasteiger partial charge in [-0.1, -0.05) is 29.8 Å². The number of carbonyl (C=O) groups excluding carboxylic acids is 1. The molecule has 0 aliphatic carbocycles. The molecule has 1 unspecified atom stereocenters. The van der Waals surface area contributed by atoms with E-state index in [0.29, 0.717) is 6.54 Å². The van der Waals surface area contributed by atoms with Crippen molar-refractivity contribution in [3.8, 4) is 0 Å². The predicted octanol–water partition coefficient (Wildman–Crippen LogP) is 3.14. The van der Waals surface area contributed by atoms with Crippen LogP contribution in [0.2, 0.25) is 0 Å². The van der Waals surface area contributed by atoms with Crippen LogP contribution in [0.1, 0.15) is 22.0 Å². The summed E-state index contributed by atoms with van der Waals surface area (Å²) in [7, 11) is 0. The molecule has 1 aromatic heterocycles. The Balaban J connectivity index is 1.94. The molecule has 1 atom stereocenters. The molecular formula is C14H15BrN2OS. The van der Waals surface area contributed by atoms with E-state index in [2.05, 4.69) is 21.2 Å². The highest BCUT2D eigenvalue weighted by Gasteiger charge is 2.15. The lowest BCUT2D eigenvalue weighted by Crippen LogP contribution is -2.33. The minimum absolute atomic E-state index is 0.159. The van der Waals surface area contributed by atoms with Crippen LogP contribution in [0.4, 0.5) is 0 Å². The highest BCUT2D eigenvalue weighted by atomic mass is 79.9. The molecule has 0 saturated carbocycles. The van der Waals surface area contributed by atoms with Gasteiger partial charge in [0.2, 0.25) is 5.91 Å². The average molecular weight is 339 g/mol. The van der Waals surface area contributed by atoms with E-state index >= 15 is 0 Å². The second-order valence-electron chi connectivity index (χ2n) is 4.31. The zero-order valence-corrected chi connectivity index (χ0v) is 12.9. The predicted molar refractivity (Wildman–Crippen MR) is 82.0 cm³/mol. The zero-order chi connectivity index (χ0) is 13.8. The van der Waals surface area contributed by atoms with E-state index in [0.717, 1.165) is 19.8 Å². The fourth-order valence-electron chi connectivity index (χ4n) is 1.66. The van der Waals surface area contributed by atoms with Crippen LogP contribution < -0.4 is 11.1 Å². The average Bonchev–Trinajstić information content (AvgIpc) is 2.82. The Bertz CT molecular complexity index is 565. The van der Waals surface area contributed by atoms with Gasteiger partial charge in [-0.2, -0.15) is 0 Å². The molecular weight excluding hydrogens is 324 g/mol. The molecule has 0 fully saturated rings. The van der Waals surface area contributed by atoms with Crippen molar-refractivity contribution in [3.05, 3.63) is 56.2 Å². The van der Waals surface area contributed by atoms with Crippen molar-refractivity contribution in [2.24, 2.45) is 5.73 Å². The van der Waals surface area contributed by atoms with Crippen LogP contribution in [-0.2, 0) is 11.3 Å². The topological polar surface area (TPSA) is 55.1 Å². The third kappa shape index (κ3) is 3.89. The van der Waals surface area contributed by atoms with Crippen LogP contribution in [0.5, 0.6) is 0 Å². The van der Waals surface area contributed by atoms with Gasteiger partial charge in [-0.15, -0.1) is 11.3 Å². The lowest BCUT2D eigenvalue weighted by Gasteiger charge is -2.12. The first-order valence-corrected chi connectivity index (χ1v) is 7.51. The number of nitrogens with one attached hydrogen (secondary N) is 1. The molecule has 3 nitrogen and oxygen atoms in total. The van der Waals surface area contributed by atoms with Gasteiger partial charge in [0, 0.05) is 4.88 Å². The Kier molecular flexibility index (Phi) is 4.74. The van der Waals surface area contributed by atoms with Crippen molar-refractivity contribution in [1.82, 2.24) is 5.32 Å². The van der Waals surface area contributed by atoms with Gasteiger partial charge in [-0.3, -0.25) is 4.79 Å². The first-order chi connectivity index (χ1) is 9.06. The number of thiophene rings is 1. The Morgan fingerprint density at radius 1 is 1.32 bits per heavy atom. The molecule has 5 heteroatoms. The molecule has 0 aliphatic rings. The summed E-state index contributed by atoms with van der Waals surface area (Å²) in [5.41, 5.74) is 7.92. The van der Waals surface area contributed by atoms with Crippen LogP contribution in [0.3, 0.4) is 0 Å². The first-order valence-electron chi connectivity index (χ1n) is 5.90. The van der Waals surface area contributed by atoms with Crippen molar-refractivity contribution in [3.63, 3.8) is 0 Å². The van der Waals surface area contributed by atoms with E-state index in [1.165, 1.54) is 0 Å². The minimum atomic E-state index is -0.621. The number of halogens is 1. The van der Waals surface area contributed by atoms with E-state index < -0.39 is 6.04 Å². The largest absolute Gasteiger partial charge is 0.350 e. The van der Waals surface area contributed by atoms with Crippen molar-refractivity contribution in [1.29, 1.82) is 0 Å². The highest BCUT2D eigenvalue weighted by Crippen LogP contribution is 2.22. The summed E-state index contributed by atoms with van der Waals surface area (Å²) in [6, 6.07) is 11.0. The molecule has 0 bridgehead atoms. The first kappa shape index (κ1) is 14.2. The van der Waals surface area contributed by atoms with Gasteiger partial charge in [0.15, 0.2) is 0 Å². The summed E-state index contributed by atoms with van der Waals surface area (Å²) in [5.74, 6) is -0.159. The number of hydrogen-bond acceptors (Lipinski definition) is 3. The highest BCUT2D eigenvalue weighted by molar-refractivity contribution is 9.11. The molecule has 2 aromatic rings. The summed E-state index contributed by atoms with van der Waals surface area (Å²) in [6.45, 7) is 2.51. The lowest BCUT2D eigenvalue weighted by atomic mass is 10.1. The number of nitrogens with two attached hydrogens (primary N) is 1. The van der Waals surface area contributed by atoms with E-state index in [9.17, 15) is 4.79 Å². The molecule has 0 saturated heterocycles. The van der Waals surface area contributed by atoms with Gasteiger partial charge in [-0.05, 0) is 40.5 Å². The maximum Gasteiger partial charge on any atom is 0.241 e. The van der Waals surface area contributed by atoms with Gasteiger partial charge in [0.25, 0.3) is 0 Å². The van der Waals surface area contributed by atoms with E-state index in [1.54, 1.807) is 11.3 Å². The fourth-order valence-corrected chi connectivity index (χ4v) is 3.08. The van der Waals surface area contributed by atoms with Crippen LogP contribution in [0.15, 0.2) is 40.2 Å². The summed E-state index contributed by atoms with van der Waals surface area (Å²) in [5, 5.41) is 2.85. The Labute approximate surface area is 125 Å². The van der Waals surface area contributed by atoms with Crippen molar-refractivity contribution in [2.75, 3.05) is 0 Å². The van der Waals surface area contributed by atoms with Crippen molar-refractivity contribution < 1.29 is 4.79 Å². The number of aryl methyl sites for hydroxylation is 1. The quantitative estimate of drug-likeness (QED) is 0.899. The van der Waals surface area contributed by atoms with Crippen LogP contribution in [0.25, 0.3) is 0 Å². The summed E-state index contributed by atoms with van der Waals surface area (Å²) < 4.78 is 1.06. The molecule has 0 radical (unpaired) electrons. The molecule has 1 aromatic carbocycles. The normalized spacial score (nSPS) is 12.2. The second kappa shape index (κ2) is 6.32. The van der Waals surface area contributed by atoms with Crippen molar-refractivity contribution in [2.45, 2.75) is 19.5 Å². The summed E-state index contributed by atoms with van der Waals surface area (Å²) >= 11 is 4.99. The van der Waals surface area contributed by atoms with E-state index in [-0.39, 0.29) is 5.91 Å². The number of rotatable bonds is 4.